The SMILES string of the molecule is CCCC(O)CNC(=O)c1c(N)cnn1C. The molecular weight excluding hydrogens is 208 g/mol. The molecular formula is C10H18N4O2. The van der Waals surface area contributed by atoms with Crippen molar-refractivity contribution < 1.29 is 9.90 Å². The first-order valence-electron chi connectivity index (χ1n) is 5.30. The molecule has 0 aromatic carbocycles. The quantitative estimate of drug-likeness (QED) is 0.653. The highest BCUT2D eigenvalue weighted by atomic mass is 16.3. The van der Waals surface area contributed by atoms with Gasteiger partial charge in [0.2, 0.25) is 0 Å². The van der Waals surface area contributed by atoms with Gasteiger partial charge in [0.15, 0.2) is 0 Å². The molecule has 16 heavy (non-hydrogen) atoms. The first-order chi connectivity index (χ1) is 7.56. The summed E-state index contributed by atoms with van der Waals surface area (Å²) in [6.45, 7) is 2.21. The summed E-state index contributed by atoms with van der Waals surface area (Å²) in [6, 6.07) is 0. The topological polar surface area (TPSA) is 93.2 Å². The molecule has 1 rings (SSSR count). The Balaban J connectivity index is 2.53. The van der Waals surface area contributed by atoms with Crippen molar-refractivity contribution in [3.8, 4) is 0 Å². The molecule has 1 aromatic rings. The number of carbonyl (C=O) groups is 1. The number of rotatable bonds is 5. The molecule has 1 aromatic heterocycles. The lowest BCUT2D eigenvalue weighted by atomic mass is 10.2. The van der Waals surface area contributed by atoms with Gasteiger partial charge in [-0.1, -0.05) is 13.3 Å². The van der Waals surface area contributed by atoms with Gasteiger partial charge in [-0.25, -0.2) is 0 Å². The van der Waals surface area contributed by atoms with Crippen LogP contribution in [0.1, 0.15) is 30.3 Å². The average Bonchev–Trinajstić information content (AvgIpc) is 2.56. The van der Waals surface area contributed by atoms with E-state index in [0.717, 1.165) is 6.42 Å². The number of aliphatic hydroxyl groups excluding tert-OH is 1. The predicted molar refractivity (Wildman–Crippen MR) is 60.9 cm³/mol. The van der Waals surface area contributed by atoms with Crippen LogP contribution in [0.25, 0.3) is 0 Å². The number of aryl methyl sites for hydroxylation is 1. The molecule has 0 radical (unpaired) electrons. The number of amides is 1. The first-order valence-corrected chi connectivity index (χ1v) is 5.30. The number of hydrogen-bond acceptors (Lipinski definition) is 4. The van der Waals surface area contributed by atoms with E-state index in [1.807, 2.05) is 6.92 Å². The van der Waals surface area contributed by atoms with Gasteiger partial charge in [-0.2, -0.15) is 5.10 Å². The summed E-state index contributed by atoms with van der Waals surface area (Å²) >= 11 is 0. The number of aliphatic hydroxyl groups is 1. The van der Waals surface area contributed by atoms with Gasteiger partial charge in [-0.15, -0.1) is 0 Å². The van der Waals surface area contributed by atoms with Crippen molar-refractivity contribution in [2.45, 2.75) is 25.9 Å². The highest BCUT2D eigenvalue weighted by molar-refractivity contribution is 5.97. The fourth-order valence-electron chi connectivity index (χ4n) is 1.46. The molecule has 90 valence electrons. The molecule has 1 atom stereocenters. The van der Waals surface area contributed by atoms with E-state index in [0.29, 0.717) is 17.8 Å². The fraction of sp³-hybridized carbons (Fsp3) is 0.600. The number of nitrogens with zero attached hydrogens (tertiary/aromatic N) is 2. The lowest BCUT2D eigenvalue weighted by Crippen LogP contribution is -2.33. The smallest absolute Gasteiger partial charge is 0.271 e. The molecule has 1 amide bonds. The predicted octanol–water partition coefficient (Wildman–Crippen LogP) is -0.107. The largest absolute Gasteiger partial charge is 0.396 e. The standard InChI is InChI=1S/C10H18N4O2/c1-3-4-7(15)5-12-10(16)9-8(11)6-13-14(9)2/h6-7,15H,3-5,11H2,1-2H3,(H,12,16). The van der Waals surface area contributed by atoms with Crippen molar-refractivity contribution in [1.82, 2.24) is 15.1 Å². The number of carbonyl (C=O) groups excluding carboxylic acids is 1. The molecule has 0 aliphatic rings. The maximum absolute atomic E-state index is 11.7. The third kappa shape index (κ3) is 2.96. The fourth-order valence-corrected chi connectivity index (χ4v) is 1.46. The summed E-state index contributed by atoms with van der Waals surface area (Å²) in [5.74, 6) is -0.312. The van der Waals surface area contributed by atoms with Gasteiger partial charge in [-0.3, -0.25) is 9.48 Å². The zero-order valence-electron chi connectivity index (χ0n) is 9.60. The number of anilines is 1. The van der Waals surface area contributed by atoms with E-state index < -0.39 is 6.10 Å². The highest BCUT2D eigenvalue weighted by Gasteiger charge is 2.15. The van der Waals surface area contributed by atoms with Crippen LogP contribution in [-0.2, 0) is 7.05 Å². The second-order valence-corrected chi connectivity index (χ2v) is 3.72. The van der Waals surface area contributed by atoms with Crippen LogP contribution < -0.4 is 11.1 Å². The molecule has 0 bridgehead atoms. The van der Waals surface area contributed by atoms with Gasteiger partial charge in [0, 0.05) is 13.6 Å². The minimum absolute atomic E-state index is 0.233. The molecule has 0 aliphatic heterocycles. The summed E-state index contributed by atoms with van der Waals surface area (Å²) in [5, 5.41) is 16.0. The van der Waals surface area contributed by atoms with Gasteiger partial charge in [0.25, 0.3) is 5.91 Å². The Labute approximate surface area is 94.4 Å². The van der Waals surface area contributed by atoms with Gasteiger partial charge in [0.1, 0.15) is 5.69 Å². The van der Waals surface area contributed by atoms with Crippen molar-refractivity contribution in [1.29, 1.82) is 0 Å². The second kappa shape index (κ2) is 5.50. The Kier molecular flexibility index (Phi) is 4.30. The van der Waals surface area contributed by atoms with Crippen molar-refractivity contribution >= 4 is 11.6 Å². The lowest BCUT2D eigenvalue weighted by Gasteiger charge is -2.11. The van der Waals surface area contributed by atoms with Crippen molar-refractivity contribution in [2.24, 2.45) is 7.05 Å². The third-order valence-corrected chi connectivity index (χ3v) is 2.30. The second-order valence-electron chi connectivity index (χ2n) is 3.72. The molecule has 1 heterocycles. The molecule has 4 N–H and O–H groups in total. The zero-order chi connectivity index (χ0) is 12.1. The van der Waals surface area contributed by atoms with E-state index in [4.69, 9.17) is 5.73 Å². The number of aromatic nitrogens is 2. The molecule has 0 fully saturated rings. The third-order valence-electron chi connectivity index (χ3n) is 2.30. The van der Waals surface area contributed by atoms with Crippen molar-refractivity contribution in [3.05, 3.63) is 11.9 Å². The Morgan fingerprint density at radius 2 is 2.44 bits per heavy atom. The Bertz CT molecular complexity index is 342. The van der Waals surface area contributed by atoms with Crippen molar-refractivity contribution in [2.75, 3.05) is 12.3 Å². The zero-order valence-corrected chi connectivity index (χ0v) is 9.60. The molecule has 1 unspecified atom stereocenters. The molecule has 6 heteroatoms. The molecule has 0 saturated carbocycles. The van der Waals surface area contributed by atoms with Crippen LogP contribution in [0, 0.1) is 0 Å². The summed E-state index contributed by atoms with van der Waals surface area (Å²) in [7, 11) is 1.65. The van der Waals surface area contributed by atoms with Gasteiger partial charge in [0.05, 0.1) is 18.0 Å². The number of nitrogens with two attached hydrogens (primary N) is 1. The van der Waals surface area contributed by atoms with Gasteiger partial charge >= 0.3 is 0 Å². The number of nitrogen functional groups attached to an aromatic ring is 1. The summed E-state index contributed by atoms with van der Waals surface area (Å²) in [4.78, 5) is 11.7. The Morgan fingerprint density at radius 3 is 2.94 bits per heavy atom. The summed E-state index contributed by atoms with van der Waals surface area (Å²) < 4.78 is 1.41. The van der Waals surface area contributed by atoms with Crippen LogP contribution in [0.3, 0.4) is 0 Å². The summed E-state index contributed by atoms with van der Waals surface area (Å²) in [5.41, 5.74) is 6.26. The first kappa shape index (κ1) is 12.5. The van der Waals surface area contributed by atoms with Gasteiger partial charge < -0.3 is 16.2 Å². The van der Waals surface area contributed by atoms with Gasteiger partial charge in [-0.05, 0) is 6.42 Å². The van der Waals surface area contributed by atoms with Crippen LogP contribution in [0.15, 0.2) is 6.20 Å². The van der Waals surface area contributed by atoms with E-state index in [1.165, 1.54) is 10.9 Å². The van der Waals surface area contributed by atoms with Crippen LogP contribution in [0.4, 0.5) is 5.69 Å². The lowest BCUT2D eigenvalue weighted by molar-refractivity contribution is 0.0902. The van der Waals surface area contributed by atoms with Crippen LogP contribution in [-0.4, -0.2) is 33.4 Å². The minimum atomic E-state index is -0.511. The summed E-state index contributed by atoms with van der Waals surface area (Å²) in [6.07, 6.45) is 2.46. The highest BCUT2D eigenvalue weighted by Crippen LogP contribution is 2.08. The minimum Gasteiger partial charge on any atom is -0.396 e. The van der Waals surface area contributed by atoms with Crippen LogP contribution in [0.5, 0.6) is 0 Å². The average molecular weight is 226 g/mol. The Hall–Kier alpha value is -1.56. The van der Waals surface area contributed by atoms with Crippen LogP contribution >= 0.6 is 0 Å². The van der Waals surface area contributed by atoms with Crippen LogP contribution in [0.2, 0.25) is 0 Å². The van der Waals surface area contributed by atoms with E-state index in [9.17, 15) is 9.90 Å². The monoisotopic (exact) mass is 226 g/mol. The van der Waals surface area contributed by atoms with Crippen molar-refractivity contribution in [3.63, 3.8) is 0 Å². The van der Waals surface area contributed by atoms with E-state index in [1.54, 1.807) is 7.05 Å². The maximum Gasteiger partial charge on any atom is 0.271 e. The molecule has 0 spiro atoms. The number of nitrogens with one attached hydrogen (secondary N) is 1. The maximum atomic E-state index is 11.7. The van der Waals surface area contributed by atoms with E-state index in [-0.39, 0.29) is 12.5 Å². The van der Waals surface area contributed by atoms with E-state index >= 15 is 0 Å². The Morgan fingerprint density at radius 1 is 1.75 bits per heavy atom. The molecule has 0 aliphatic carbocycles. The number of hydrogen-bond donors (Lipinski definition) is 3. The van der Waals surface area contributed by atoms with E-state index in [2.05, 4.69) is 10.4 Å². The normalized spacial score (nSPS) is 12.4. The molecule has 6 nitrogen and oxygen atoms in total. The molecule has 0 saturated heterocycles.